The molecule has 6 atom stereocenters. The summed E-state index contributed by atoms with van der Waals surface area (Å²) in [5.41, 5.74) is 6.06. The van der Waals surface area contributed by atoms with Gasteiger partial charge < -0.3 is 25.2 Å². The summed E-state index contributed by atoms with van der Waals surface area (Å²) in [4.78, 5) is 33.1. The van der Waals surface area contributed by atoms with E-state index in [1.54, 1.807) is 24.5 Å². The number of rotatable bonds is 10. The quantitative estimate of drug-likeness (QED) is 0.154. The molecule has 284 valence electrons. The average molecular weight is 731 g/mol. The Balaban J connectivity index is 1.14. The summed E-state index contributed by atoms with van der Waals surface area (Å²) in [7, 11) is 0. The molecule has 1 aromatic heterocycles. The lowest BCUT2D eigenvalue weighted by Crippen LogP contribution is -2.61. The fraction of sp³-hybridized carbons (Fsp3) is 0.444. The summed E-state index contributed by atoms with van der Waals surface area (Å²) in [6.07, 6.45) is 9.56. The number of piperidine rings is 1. The second-order valence-corrected chi connectivity index (χ2v) is 16.2. The van der Waals surface area contributed by atoms with Crippen LogP contribution in [0.4, 0.5) is 0 Å². The molecular weight excluding hydrogens is 677 g/mol. The molecule has 1 aliphatic carbocycles. The number of aromatic nitrogens is 1. The maximum absolute atomic E-state index is 13.8. The van der Waals surface area contributed by atoms with Gasteiger partial charge in [-0.2, -0.15) is 0 Å². The third kappa shape index (κ3) is 9.27. The number of carbonyl (C=O) groups excluding carboxylic acids is 2. The van der Waals surface area contributed by atoms with Crippen molar-refractivity contribution in [1.82, 2.24) is 20.5 Å². The van der Waals surface area contributed by atoms with E-state index in [1.165, 1.54) is 19.3 Å². The minimum absolute atomic E-state index is 0.0133. The van der Waals surface area contributed by atoms with Crippen LogP contribution in [-0.4, -0.2) is 57.1 Å². The molecule has 9 nitrogen and oxygen atoms in total. The molecule has 3 fully saturated rings. The van der Waals surface area contributed by atoms with E-state index >= 15 is 0 Å². The highest BCUT2D eigenvalue weighted by molar-refractivity contribution is 5.93. The van der Waals surface area contributed by atoms with Crippen molar-refractivity contribution in [2.75, 3.05) is 6.54 Å². The van der Waals surface area contributed by atoms with Crippen LogP contribution >= 0.6 is 0 Å². The van der Waals surface area contributed by atoms with Gasteiger partial charge in [-0.25, -0.2) is 0 Å². The van der Waals surface area contributed by atoms with Crippen molar-refractivity contribution in [3.05, 3.63) is 125 Å². The van der Waals surface area contributed by atoms with Crippen molar-refractivity contribution in [3.8, 4) is 11.1 Å². The highest BCUT2D eigenvalue weighted by Crippen LogP contribution is 2.42. The van der Waals surface area contributed by atoms with Gasteiger partial charge >= 0.3 is 0 Å². The zero-order valence-corrected chi connectivity index (χ0v) is 31.7. The lowest BCUT2D eigenvalue weighted by atomic mass is 9.75. The molecule has 0 spiro atoms. The maximum Gasteiger partial charge on any atom is 0.253 e. The molecule has 3 aromatic carbocycles. The molecule has 7 rings (SSSR count). The van der Waals surface area contributed by atoms with Crippen LogP contribution in [0.3, 0.4) is 0 Å². The van der Waals surface area contributed by atoms with Gasteiger partial charge in [0.15, 0.2) is 6.29 Å². The zero-order valence-electron chi connectivity index (χ0n) is 31.7. The first-order valence-electron chi connectivity index (χ1n) is 19.6. The molecule has 0 bridgehead atoms. The van der Waals surface area contributed by atoms with Crippen LogP contribution in [0.25, 0.3) is 11.1 Å². The summed E-state index contributed by atoms with van der Waals surface area (Å²) in [6.45, 7) is 7.18. The van der Waals surface area contributed by atoms with Crippen molar-refractivity contribution in [2.24, 2.45) is 5.92 Å². The largest absolute Gasteiger partial charge is 0.392 e. The molecule has 3 heterocycles. The highest BCUT2D eigenvalue weighted by Gasteiger charge is 2.44. The number of hydrogen-bond donors (Lipinski definition) is 3. The first-order chi connectivity index (χ1) is 26.1. The molecule has 2 aliphatic heterocycles. The van der Waals surface area contributed by atoms with E-state index in [9.17, 15) is 14.7 Å². The summed E-state index contributed by atoms with van der Waals surface area (Å²) < 4.78 is 13.7. The summed E-state index contributed by atoms with van der Waals surface area (Å²) in [5.74, 6) is 0.547. The third-order valence-corrected chi connectivity index (χ3v) is 11.1. The Kier molecular flexibility index (Phi) is 11.9. The number of fused-ring (bicyclic) bond motifs is 1. The Bertz CT molecular complexity index is 1880. The fourth-order valence-corrected chi connectivity index (χ4v) is 8.50. The molecule has 4 aromatic rings. The average Bonchev–Trinajstić information content (AvgIpc) is 3.20. The second kappa shape index (κ2) is 16.9. The van der Waals surface area contributed by atoms with Gasteiger partial charge in [-0.3, -0.25) is 19.5 Å². The van der Waals surface area contributed by atoms with Gasteiger partial charge in [0.05, 0.1) is 30.4 Å². The van der Waals surface area contributed by atoms with Crippen molar-refractivity contribution in [2.45, 2.75) is 115 Å². The Morgan fingerprint density at radius 3 is 2.39 bits per heavy atom. The minimum atomic E-state index is -0.623. The minimum Gasteiger partial charge on any atom is -0.392 e. The Hall–Kier alpha value is -4.41. The number of nitrogens with one attached hydrogen (secondary N) is 2. The lowest BCUT2D eigenvalue weighted by molar-refractivity contribution is -0.255. The number of benzene rings is 3. The summed E-state index contributed by atoms with van der Waals surface area (Å²) >= 11 is 0. The molecule has 3 aliphatic rings. The van der Waals surface area contributed by atoms with Crippen molar-refractivity contribution >= 4 is 11.8 Å². The van der Waals surface area contributed by atoms with Crippen LogP contribution in [0.5, 0.6) is 0 Å². The van der Waals surface area contributed by atoms with Crippen LogP contribution in [0, 0.1) is 5.92 Å². The van der Waals surface area contributed by atoms with Crippen LogP contribution in [0.2, 0.25) is 0 Å². The van der Waals surface area contributed by atoms with Gasteiger partial charge in [0.2, 0.25) is 5.91 Å². The molecular formula is C45H54N4O5. The predicted molar refractivity (Wildman–Crippen MR) is 209 cm³/mol. The number of aliphatic hydroxyl groups is 1. The Labute approximate surface area is 319 Å². The summed E-state index contributed by atoms with van der Waals surface area (Å²) in [5, 5.41) is 16.0. The number of likely N-dealkylation sites (tertiary alicyclic amines) is 1. The SMILES string of the molecule is CC(C)(C)NC(=O)C1CCC2CCCCC2N1CC1CC(c2ccc(CO)cc2)OC(c2cccc(-c3cccc(CNC(=O)c4cccnc4)c3)c2)O1. The summed E-state index contributed by atoms with van der Waals surface area (Å²) in [6, 6.07) is 28.1. The van der Waals surface area contributed by atoms with Crippen LogP contribution < -0.4 is 10.6 Å². The number of pyridine rings is 1. The van der Waals surface area contributed by atoms with E-state index in [1.807, 2.05) is 63.2 Å². The molecule has 1 saturated carbocycles. The monoisotopic (exact) mass is 730 g/mol. The number of hydrogen-bond acceptors (Lipinski definition) is 7. The second-order valence-electron chi connectivity index (χ2n) is 16.2. The number of nitrogens with zero attached hydrogens (tertiary/aromatic N) is 2. The normalized spacial score (nSPS) is 24.7. The zero-order chi connectivity index (χ0) is 37.7. The van der Waals surface area contributed by atoms with Crippen molar-refractivity contribution in [1.29, 1.82) is 0 Å². The van der Waals surface area contributed by atoms with E-state index in [-0.39, 0.29) is 42.2 Å². The Morgan fingerprint density at radius 1 is 0.852 bits per heavy atom. The van der Waals surface area contributed by atoms with Crippen LogP contribution in [0.1, 0.15) is 111 Å². The molecule has 2 amide bonds. The number of aliphatic hydroxyl groups excluding tert-OH is 1. The van der Waals surface area contributed by atoms with E-state index in [2.05, 4.69) is 50.8 Å². The lowest BCUT2D eigenvalue weighted by Gasteiger charge is -2.50. The van der Waals surface area contributed by atoms with Gasteiger partial charge in [0, 0.05) is 49.0 Å². The van der Waals surface area contributed by atoms with Gasteiger partial charge in [0.25, 0.3) is 5.91 Å². The van der Waals surface area contributed by atoms with E-state index in [4.69, 9.17) is 9.47 Å². The molecule has 2 saturated heterocycles. The van der Waals surface area contributed by atoms with Gasteiger partial charge in [-0.1, -0.05) is 73.5 Å². The number of carbonyl (C=O) groups is 2. The van der Waals surface area contributed by atoms with Gasteiger partial charge in [-0.15, -0.1) is 0 Å². The standard InChI is InChI=1S/C45H54N4O5/c1-45(2,3)48-43(52)40-21-20-32-10-4-5-15-39(32)49(40)28-38-25-41(33-18-16-30(29-50)17-19-33)54-44(53-38)36-13-7-12-35(24-36)34-11-6-9-31(23-34)26-47-42(51)37-14-8-22-46-27-37/h6-9,11-14,16-19,22-24,27,32,38-41,44,50H,4-5,10,15,20-21,25-26,28-29H2,1-3H3,(H,47,51)(H,48,52). The van der Waals surface area contributed by atoms with E-state index < -0.39 is 6.29 Å². The number of ether oxygens (including phenoxy) is 2. The first-order valence-corrected chi connectivity index (χ1v) is 19.6. The number of amides is 2. The van der Waals surface area contributed by atoms with Gasteiger partial charge in [-0.05, 0) is 104 Å². The highest BCUT2D eigenvalue weighted by atomic mass is 16.7. The smallest absolute Gasteiger partial charge is 0.253 e. The molecule has 54 heavy (non-hydrogen) atoms. The van der Waals surface area contributed by atoms with Crippen molar-refractivity contribution < 1.29 is 24.2 Å². The maximum atomic E-state index is 13.8. The molecule has 3 N–H and O–H groups in total. The van der Waals surface area contributed by atoms with Gasteiger partial charge in [0.1, 0.15) is 0 Å². The van der Waals surface area contributed by atoms with E-state index in [0.717, 1.165) is 52.6 Å². The Morgan fingerprint density at radius 2 is 1.63 bits per heavy atom. The molecule has 9 heteroatoms. The molecule has 0 radical (unpaired) electrons. The predicted octanol–water partition coefficient (Wildman–Crippen LogP) is 7.65. The molecule has 6 unspecified atom stereocenters. The topological polar surface area (TPSA) is 113 Å². The van der Waals surface area contributed by atoms with Crippen molar-refractivity contribution in [3.63, 3.8) is 0 Å². The third-order valence-electron chi connectivity index (χ3n) is 11.1. The van der Waals surface area contributed by atoms with E-state index in [0.29, 0.717) is 37.0 Å². The fourth-order valence-electron chi connectivity index (χ4n) is 8.50. The van der Waals surface area contributed by atoms with Crippen LogP contribution in [-0.2, 0) is 27.4 Å². The first kappa shape index (κ1) is 37.9. The van der Waals surface area contributed by atoms with Crippen LogP contribution in [0.15, 0.2) is 97.3 Å².